The summed E-state index contributed by atoms with van der Waals surface area (Å²) in [7, 11) is 0. The number of aliphatic hydroxyl groups is 30. The zero-order valence-electron chi connectivity index (χ0n) is 51.4. The van der Waals surface area contributed by atoms with Crippen LogP contribution >= 0.6 is 0 Å². The number of carboxylic acid groups (broad SMARTS) is 1. The zero-order chi connectivity index (χ0) is 69.2. The van der Waals surface area contributed by atoms with Crippen LogP contribution in [0, 0.1) is 5.92 Å². The standard InChI is InChI=1S/C24H48O2.10C3H8O3/c1-3-5-7-9-11-13-14-16-18-20-22-23(24(25)26)21-19-17-15-12-10-8-6-4-2;10*4-1-3(6)2-5/h23H,3-22H2,1-2H3,(H,25,26);10*3-6H,1-2H2. The van der Waals surface area contributed by atoms with Crippen LogP contribution in [0.4, 0.5) is 0 Å². The van der Waals surface area contributed by atoms with Gasteiger partial charge in [0.25, 0.3) is 0 Å². The molecule has 0 rings (SSSR count). The highest BCUT2D eigenvalue weighted by atomic mass is 16.4. The Morgan fingerprint density at radius 1 is 0.209 bits per heavy atom. The number of aliphatic hydroxyl groups excluding tert-OH is 30. The second-order valence-electron chi connectivity index (χ2n) is 18.5. The van der Waals surface area contributed by atoms with Gasteiger partial charge in [-0.1, -0.05) is 129 Å². The van der Waals surface area contributed by atoms with E-state index >= 15 is 0 Å². The molecule has 1 unspecified atom stereocenters. The van der Waals surface area contributed by atoms with Gasteiger partial charge in [-0.2, -0.15) is 0 Å². The largest absolute Gasteiger partial charge is 0.481 e. The first-order chi connectivity index (χ1) is 40.8. The molecule has 1 atom stereocenters. The first-order valence-electron chi connectivity index (χ1n) is 29.0. The lowest BCUT2D eigenvalue weighted by atomic mass is 9.94. The number of rotatable bonds is 41. The third kappa shape index (κ3) is 132. The van der Waals surface area contributed by atoms with Crippen LogP contribution in [0.3, 0.4) is 0 Å². The summed E-state index contributed by atoms with van der Waals surface area (Å²) in [4.78, 5) is 11.4. The van der Waals surface area contributed by atoms with Gasteiger partial charge in [-0.05, 0) is 12.8 Å². The van der Waals surface area contributed by atoms with Crippen LogP contribution in [0.5, 0.6) is 0 Å². The van der Waals surface area contributed by atoms with E-state index in [-0.39, 0.29) is 138 Å². The molecule has 0 aromatic carbocycles. The molecule has 0 aromatic heterocycles. The molecule has 0 saturated heterocycles. The molecule has 86 heavy (non-hydrogen) atoms. The van der Waals surface area contributed by atoms with Gasteiger partial charge in [0.2, 0.25) is 0 Å². The Bertz CT molecular complexity index is 868. The van der Waals surface area contributed by atoms with Crippen LogP contribution in [0.25, 0.3) is 0 Å². The summed E-state index contributed by atoms with van der Waals surface area (Å²) in [5, 5.41) is 250. The van der Waals surface area contributed by atoms with Crippen molar-refractivity contribution in [2.45, 2.75) is 203 Å². The number of hydrogen-bond donors (Lipinski definition) is 31. The van der Waals surface area contributed by atoms with Crippen molar-refractivity contribution >= 4 is 5.97 Å². The highest BCUT2D eigenvalue weighted by molar-refractivity contribution is 5.69. The minimum Gasteiger partial charge on any atom is -0.481 e. The number of hydrogen-bond acceptors (Lipinski definition) is 31. The monoisotopic (exact) mass is 1290 g/mol. The maximum Gasteiger partial charge on any atom is 0.306 e. The highest BCUT2D eigenvalue weighted by Crippen LogP contribution is 2.20. The van der Waals surface area contributed by atoms with Gasteiger partial charge >= 0.3 is 5.97 Å². The highest BCUT2D eigenvalue weighted by Gasteiger charge is 2.16. The lowest BCUT2D eigenvalue weighted by Crippen LogP contribution is -2.15. The maximum absolute atomic E-state index is 11.4. The lowest BCUT2D eigenvalue weighted by molar-refractivity contribution is -0.142. The topological polar surface area (TPSA) is 644 Å². The Balaban J connectivity index is -0.0000000868. The minimum absolute atomic E-state index is 0.0934. The van der Waals surface area contributed by atoms with Gasteiger partial charge < -0.3 is 158 Å². The quantitative estimate of drug-likeness (QED) is 0.0253. The fraction of sp³-hybridized carbons (Fsp3) is 0.981. The Hall–Kier alpha value is -1.73. The molecule has 536 valence electrons. The van der Waals surface area contributed by atoms with E-state index in [1.807, 2.05) is 0 Å². The second-order valence-corrected chi connectivity index (χ2v) is 18.5. The lowest BCUT2D eigenvalue weighted by Gasteiger charge is -2.12. The average Bonchev–Trinajstić information content (AvgIpc) is 3.58. The number of aliphatic carboxylic acids is 1. The number of carboxylic acids is 1. The van der Waals surface area contributed by atoms with Gasteiger partial charge in [0.1, 0.15) is 61.0 Å². The van der Waals surface area contributed by atoms with E-state index < -0.39 is 67.0 Å². The van der Waals surface area contributed by atoms with Crippen molar-refractivity contribution in [2.24, 2.45) is 5.92 Å². The van der Waals surface area contributed by atoms with Crippen molar-refractivity contribution in [2.75, 3.05) is 132 Å². The van der Waals surface area contributed by atoms with Crippen molar-refractivity contribution in [3.05, 3.63) is 0 Å². The Labute approximate surface area is 509 Å². The van der Waals surface area contributed by atoms with Crippen molar-refractivity contribution in [1.82, 2.24) is 0 Å². The fourth-order valence-electron chi connectivity index (χ4n) is 4.37. The predicted molar refractivity (Wildman–Crippen MR) is 317 cm³/mol. The SMILES string of the molecule is CCCCCCCCCCCCC(CCCCCCCCCC)C(=O)O.OCC(O)CO.OCC(O)CO.OCC(O)CO.OCC(O)CO.OCC(O)CO.OCC(O)CO.OCC(O)CO.OCC(O)CO.OCC(O)CO.OCC(O)CO. The van der Waals surface area contributed by atoms with Gasteiger partial charge in [0.15, 0.2) is 0 Å². The number of carbonyl (C=O) groups is 1. The molecule has 0 saturated carbocycles. The normalized spacial score (nSPS) is 10.7. The van der Waals surface area contributed by atoms with Crippen molar-refractivity contribution in [3.63, 3.8) is 0 Å². The van der Waals surface area contributed by atoms with Gasteiger partial charge in [-0.15, -0.1) is 0 Å². The van der Waals surface area contributed by atoms with E-state index in [9.17, 15) is 9.90 Å². The summed E-state index contributed by atoms with van der Waals surface area (Å²) in [6.07, 6.45) is 15.8. The molecule has 0 amide bonds. The summed E-state index contributed by atoms with van der Waals surface area (Å²) in [5.41, 5.74) is 0. The third-order valence-corrected chi connectivity index (χ3v) is 9.88. The summed E-state index contributed by atoms with van der Waals surface area (Å²) in [5.74, 6) is -0.659. The molecule has 0 aliphatic carbocycles. The smallest absolute Gasteiger partial charge is 0.306 e. The van der Waals surface area contributed by atoms with E-state index in [0.717, 1.165) is 25.7 Å². The molecular formula is C54H128O32. The molecule has 0 fully saturated rings. The average molecular weight is 1290 g/mol. The van der Waals surface area contributed by atoms with Crippen molar-refractivity contribution in [1.29, 1.82) is 0 Å². The van der Waals surface area contributed by atoms with E-state index in [1.54, 1.807) is 0 Å². The molecule has 0 aliphatic rings. The Kier molecular flexibility index (Phi) is 129. The first kappa shape index (κ1) is 109. The summed E-state index contributed by atoms with van der Waals surface area (Å²) < 4.78 is 0. The van der Waals surface area contributed by atoms with E-state index in [1.165, 1.54) is 103 Å². The molecular weight excluding hydrogens is 1160 g/mol. The Morgan fingerprint density at radius 3 is 0.395 bits per heavy atom. The van der Waals surface area contributed by atoms with Crippen LogP contribution in [0.2, 0.25) is 0 Å². The predicted octanol–water partition coefficient (Wildman–Crippen LogP) is -8.15. The molecule has 0 heterocycles. The fourth-order valence-corrected chi connectivity index (χ4v) is 4.37. The van der Waals surface area contributed by atoms with Crippen molar-refractivity contribution in [3.8, 4) is 0 Å². The van der Waals surface area contributed by atoms with E-state index in [0.29, 0.717) is 0 Å². The van der Waals surface area contributed by atoms with Crippen LogP contribution in [0.15, 0.2) is 0 Å². The summed E-state index contributed by atoms with van der Waals surface area (Å²) >= 11 is 0. The zero-order valence-corrected chi connectivity index (χ0v) is 51.4. The molecule has 31 N–H and O–H groups in total. The van der Waals surface area contributed by atoms with Crippen LogP contribution in [0.1, 0.15) is 142 Å². The van der Waals surface area contributed by atoms with E-state index in [4.69, 9.17) is 153 Å². The van der Waals surface area contributed by atoms with Crippen LogP contribution in [-0.2, 0) is 4.79 Å². The molecule has 0 spiro atoms. The summed E-state index contributed by atoms with van der Waals surface area (Å²) in [6.45, 7) is -2.78. The molecule has 32 heteroatoms. The second kappa shape index (κ2) is 102. The molecule has 0 aromatic rings. The van der Waals surface area contributed by atoms with Gasteiger partial charge in [-0.25, -0.2) is 0 Å². The van der Waals surface area contributed by atoms with Gasteiger partial charge in [-0.3, -0.25) is 4.79 Å². The number of unbranched alkanes of at least 4 members (excludes halogenated alkanes) is 16. The van der Waals surface area contributed by atoms with Crippen molar-refractivity contribution < 1.29 is 163 Å². The molecule has 0 bridgehead atoms. The first-order valence-corrected chi connectivity index (χ1v) is 29.0. The van der Waals surface area contributed by atoms with Crippen LogP contribution in [-0.4, -0.2) is 357 Å². The van der Waals surface area contributed by atoms with Gasteiger partial charge in [0, 0.05) is 0 Å². The molecule has 0 aliphatic heterocycles. The molecule has 0 radical (unpaired) electrons. The third-order valence-electron chi connectivity index (χ3n) is 9.88. The van der Waals surface area contributed by atoms with Gasteiger partial charge in [0.05, 0.1) is 138 Å². The Morgan fingerprint density at radius 2 is 0.314 bits per heavy atom. The summed E-state index contributed by atoms with van der Waals surface area (Å²) in [6, 6.07) is 0. The van der Waals surface area contributed by atoms with Crippen LogP contribution < -0.4 is 0 Å². The van der Waals surface area contributed by atoms with E-state index in [2.05, 4.69) is 13.8 Å². The maximum atomic E-state index is 11.4. The molecule has 32 nitrogen and oxygen atoms in total. The minimum atomic E-state index is -0.954.